The SMILES string of the molecule is CCOCC1(N(C)C(=O)c2[nH]nc3c2CN(C(=O)c2cc4c(Cl)cc(F)cc4[nH]2)CC3)CC1. The Balaban J connectivity index is 1.37. The molecule has 1 aliphatic heterocycles. The lowest BCUT2D eigenvalue weighted by molar-refractivity contribution is 0.0455. The van der Waals surface area contributed by atoms with Gasteiger partial charge in [-0.25, -0.2) is 4.39 Å². The number of carbonyl (C=O) groups is 2. The Morgan fingerprint density at radius 3 is 2.85 bits per heavy atom. The predicted molar refractivity (Wildman–Crippen MR) is 121 cm³/mol. The number of likely N-dealkylation sites (N-methyl/N-ethyl adjacent to an activating group) is 1. The van der Waals surface area contributed by atoms with Crippen LogP contribution < -0.4 is 0 Å². The maximum atomic E-state index is 13.7. The third-order valence-electron chi connectivity index (χ3n) is 6.72. The van der Waals surface area contributed by atoms with Gasteiger partial charge in [0.1, 0.15) is 17.2 Å². The third-order valence-corrected chi connectivity index (χ3v) is 7.03. The van der Waals surface area contributed by atoms with Crippen LogP contribution in [-0.4, -0.2) is 69.1 Å². The molecule has 1 aromatic carbocycles. The molecule has 1 fully saturated rings. The highest BCUT2D eigenvalue weighted by atomic mass is 35.5. The van der Waals surface area contributed by atoms with Gasteiger partial charge in [0.25, 0.3) is 11.8 Å². The molecule has 10 heteroatoms. The van der Waals surface area contributed by atoms with E-state index in [1.807, 2.05) is 6.92 Å². The Bertz CT molecular complexity index is 1250. The van der Waals surface area contributed by atoms with Gasteiger partial charge in [-0.15, -0.1) is 0 Å². The largest absolute Gasteiger partial charge is 0.379 e. The van der Waals surface area contributed by atoms with E-state index >= 15 is 0 Å². The first-order valence-electron chi connectivity index (χ1n) is 11.0. The smallest absolute Gasteiger partial charge is 0.272 e. The van der Waals surface area contributed by atoms with Crippen molar-refractivity contribution < 1.29 is 18.7 Å². The van der Waals surface area contributed by atoms with Crippen molar-refractivity contribution >= 4 is 34.3 Å². The molecule has 174 valence electrons. The molecule has 0 saturated heterocycles. The molecule has 33 heavy (non-hydrogen) atoms. The van der Waals surface area contributed by atoms with E-state index in [9.17, 15) is 14.0 Å². The van der Waals surface area contributed by atoms with Gasteiger partial charge in [-0.1, -0.05) is 11.6 Å². The molecule has 0 unspecified atom stereocenters. The van der Waals surface area contributed by atoms with Gasteiger partial charge in [0.15, 0.2) is 0 Å². The van der Waals surface area contributed by atoms with Crippen molar-refractivity contribution in [1.29, 1.82) is 0 Å². The first-order chi connectivity index (χ1) is 15.8. The number of aromatic nitrogens is 3. The van der Waals surface area contributed by atoms with Gasteiger partial charge in [0.05, 0.1) is 34.9 Å². The predicted octanol–water partition coefficient (Wildman–Crippen LogP) is 3.52. The molecule has 1 aliphatic carbocycles. The Hall–Kier alpha value is -2.91. The van der Waals surface area contributed by atoms with Crippen LogP contribution in [0.2, 0.25) is 5.02 Å². The Kier molecular flexibility index (Phi) is 5.41. The van der Waals surface area contributed by atoms with Crippen molar-refractivity contribution in [1.82, 2.24) is 25.0 Å². The van der Waals surface area contributed by atoms with Crippen molar-refractivity contribution in [2.75, 3.05) is 26.8 Å². The van der Waals surface area contributed by atoms with E-state index in [1.54, 1.807) is 22.9 Å². The molecule has 8 nitrogen and oxygen atoms in total. The minimum Gasteiger partial charge on any atom is -0.379 e. The highest BCUT2D eigenvalue weighted by molar-refractivity contribution is 6.35. The Labute approximate surface area is 195 Å². The van der Waals surface area contributed by atoms with Gasteiger partial charge in [0.2, 0.25) is 0 Å². The number of halogens is 2. The van der Waals surface area contributed by atoms with Crippen LogP contribution in [0.4, 0.5) is 4.39 Å². The number of carbonyl (C=O) groups excluding carboxylic acids is 2. The van der Waals surface area contributed by atoms with Gasteiger partial charge in [0, 0.05) is 37.6 Å². The summed E-state index contributed by atoms with van der Waals surface area (Å²) in [6.07, 6.45) is 2.34. The van der Waals surface area contributed by atoms with E-state index in [2.05, 4.69) is 15.2 Å². The number of fused-ring (bicyclic) bond motifs is 2. The molecule has 2 aromatic heterocycles. The van der Waals surface area contributed by atoms with Gasteiger partial charge in [-0.05, 0) is 38.0 Å². The zero-order valence-electron chi connectivity index (χ0n) is 18.5. The van der Waals surface area contributed by atoms with Gasteiger partial charge in [-0.2, -0.15) is 5.10 Å². The lowest BCUT2D eigenvalue weighted by Crippen LogP contribution is -2.43. The maximum Gasteiger partial charge on any atom is 0.272 e. The topological polar surface area (TPSA) is 94.3 Å². The number of nitrogens with zero attached hydrogens (tertiary/aromatic N) is 3. The fourth-order valence-electron chi connectivity index (χ4n) is 4.48. The van der Waals surface area contributed by atoms with Crippen LogP contribution in [0.25, 0.3) is 10.9 Å². The van der Waals surface area contributed by atoms with E-state index < -0.39 is 5.82 Å². The number of H-pyrrole nitrogens is 2. The fraction of sp³-hybridized carbons (Fsp3) is 0.435. The summed E-state index contributed by atoms with van der Waals surface area (Å²) in [6, 6.07) is 4.16. The van der Waals surface area contributed by atoms with Gasteiger partial charge in [-0.3, -0.25) is 14.7 Å². The first-order valence-corrected chi connectivity index (χ1v) is 11.4. The average molecular weight is 474 g/mol. The number of rotatable bonds is 6. The van der Waals surface area contributed by atoms with Crippen molar-refractivity contribution in [2.45, 2.75) is 38.3 Å². The van der Waals surface area contributed by atoms with E-state index in [0.29, 0.717) is 48.5 Å². The van der Waals surface area contributed by atoms with Crippen molar-refractivity contribution in [3.8, 4) is 0 Å². The third kappa shape index (κ3) is 3.79. The molecule has 5 rings (SSSR count). The summed E-state index contributed by atoms with van der Waals surface area (Å²) in [5.74, 6) is -0.862. The summed E-state index contributed by atoms with van der Waals surface area (Å²) >= 11 is 6.13. The van der Waals surface area contributed by atoms with E-state index in [-0.39, 0.29) is 28.9 Å². The van der Waals surface area contributed by atoms with Gasteiger partial charge < -0.3 is 19.5 Å². The molecule has 0 atom stereocenters. The second-order valence-corrected chi connectivity index (χ2v) is 9.17. The minimum atomic E-state index is -0.473. The highest BCUT2D eigenvalue weighted by Crippen LogP contribution is 2.42. The summed E-state index contributed by atoms with van der Waals surface area (Å²) in [5, 5.41) is 8.07. The fourth-order valence-corrected chi connectivity index (χ4v) is 4.74. The molecule has 0 bridgehead atoms. The van der Waals surface area contributed by atoms with Crippen LogP contribution in [0.3, 0.4) is 0 Å². The summed E-state index contributed by atoms with van der Waals surface area (Å²) < 4.78 is 19.3. The molecule has 3 heterocycles. The van der Waals surface area contributed by atoms with E-state index in [1.165, 1.54) is 12.1 Å². The van der Waals surface area contributed by atoms with Crippen LogP contribution in [-0.2, 0) is 17.7 Å². The number of ether oxygens (including phenoxy) is 1. The molecule has 1 saturated carbocycles. The molecule has 0 spiro atoms. The summed E-state index contributed by atoms with van der Waals surface area (Å²) in [5.41, 5.74) is 2.46. The molecule has 2 N–H and O–H groups in total. The Morgan fingerprint density at radius 2 is 2.12 bits per heavy atom. The zero-order chi connectivity index (χ0) is 23.3. The van der Waals surface area contributed by atoms with Gasteiger partial charge >= 0.3 is 0 Å². The maximum absolute atomic E-state index is 13.7. The quantitative estimate of drug-likeness (QED) is 0.572. The average Bonchev–Trinajstić information content (AvgIpc) is 3.27. The molecule has 0 radical (unpaired) electrons. The minimum absolute atomic E-state index is 0.150. The van der Waals surface area contributed by atoms with Crippen molar-refractivity contribution in [3.63, 3.8) is 0 Å². The molecule has 3 aromatic rings. The second kappa shape index (κ2) is 8.14. The second-order valence-electron chi connectivity index (χ2n) is 8.76. The van der Waals surface area contributed by atoms with Crippen molar-refractivity contribution in [3.05, 3.63) is 51.7 Å². The highest BCUT2D eigenvalue weighted by Gasteiger charge is 2.49. The molecular weight excluding hydrogens is 449 g/mol. The molecular formula is C23H25ClFN5O3. The zero-order valence-corrected chi connectivity index (χ0v) is 19.3. The van der Waals surface area contributed by atoms with E-state index in [4.69, 9.17) is 16.3 Å². The number of amides is 2. The number of hydrogen-bond donors (Lipinski definition) is 2. The summed E-state index contributed by atoms with van der Waals surface area (Å²) in [4.78, 5) is 32.9. The first kappa shape index (κ1) is 21.9. The molecule has 2 aliphatic rings. The lowest BCUT2D eigenvalue weighted by atomic mass is 10.0. The standard InChI is InChI=1S/C23H25ClFN5O3/c1-3-33-12-23(5-6-23)29(2)22(32)20-15-11-30(7-4-17(15)27-28-20)21(31)19-10-14-16(24)8-13(25)9-18(14)26-19/h8-10,26H,3-7,11-12H2,1-2H3,(H,27,28). The van der Waals surface area contributed by atoms with Crippen LogP contribution in [0.15, 0.2) is 18.2 Å². The number of hydrogen-bond acceptors (Lipinski definition) is 4. The lowest BCUT2D eigenvalue weighted by Gasteiger charge is -2.29. The number of benzene rings is 1. The van der Waals surface area contributed by atoms with Crippen LogP contribution >= 0.6 is 11.6 Å². The van der Waals surface area contributed by atoms with Crippen molar-refractivity contribution in [2.24, 2.45) is 0 Å². The van der Waals surface area contributed by atoms with Crippen LogP contribution in [0.5, 0.6) is 0 Å². The molecule has 2 amide bonds. The van der Waals surface area contributed by atoms with E-state index in [0.717, 1.165) is 24.1 Å². The summed E-state index contributed by atoms with van der Waals surface area (Å²) in [7, 11) is 1.79. The normalized spacial score (nSPS) is 16.7. The number of aromatic amines is 2. The van der Waals surface area contributed by atoms with Crippen LogP contribution in [0.1, 0.15) is 52.0 Å². The Morgan fingerprint density at radius 1 is 1.33 bits per heavy atom. The van der Waals surface area contributed by atoms with Crippen LogP contribution in [0, 0.1) is 5.82 Å². The number of nitrogens with one attached hydrogen (secondary N) is 2. The summed E-state index contributed by atoms with van der Waals surface area (Å²) in [6.45, 7) is 3.77. The monoisotopic (exact) mass is 473 g/mol.